The Kier molecular flexibility index (Phi) is 2.51. The Morgan fingerprint density at radius 1 is 1.24 bits per heavy atom. The number of hydrogen-bond donors (Lipinski definition) is 1. The van der Waals surface area contributed by atoms with E-state index in [0.717, 1.165) is 23.5 Å². The molecule has 0 amide bonds. The summed E-state index contributed by atoms with van der Waals surface area (Å²) in [6.45, 7) is 6.42. The van der Waals surface area contributed by atoms with E-state index in [1.807, 2.05) is 6.92 Å². The molecule has 0 aromatic carbocycles. The quantitative estimate of drug-likeness (QED) is 0.851. The van der Waals surface area contributed by atoms with Gasteiger partial charge >= 0.3 is 0 Å². The minimum atomic E-state index is 0.301. The zero-order chi connectivity index (χ0) is 12.2. The monoisotopic (exact) mass is 234 g/mol. The highest BCUT2D eigenvalue weighted by atomic mass is 15.3. The van der Waals surface area contributed by atoms with Crippen molar-refractivity contribution in [2.45, 2.75) is 58.0 Å². The van der Waals surface area contributed by atoms with Crippen LogP contribution in [0.4, 0.5) is 0 Å². The Morgan fingerprint density at radius 2 is 1.94 bits per heavy atom. The normalized spacial score (nSPS) is 36.1. The minimum Gasteiger partial charge on any atom is -0.327 e. The number of fused-ring (bicyclic) bond motifs is 2. The summed E-state index contributed by atoms with van der Waals surface area (Å²) in [5.41, 5.74) is 6.39. The molecule has 17 heavy (non-hydrogen) atoms. The molecule has 94 valence electrons. The van der Waals surface area contributed by atoms with Crippen LogP contribution in [0.2, 0.25) is 0 Å². The van der Waals surface area contributed by atoms with Gasteiger partial charge in [0.1, 0.15) is 11.6 Å². The molecule has 1 aromatic heterocycles. The Balaban J connectivity index is 1.99. The lowest BCUT2D eigenvalue weighted by atomic mass is 9.84. The van der Waals surface area contributed by atoms with Crippen LogP contribution >= 0.6 is 0 Å². The highest BCUT2D eigenvalue weighted by molar-refractivity contribution is 5.15. The second-order valence-electron chi connectivity index (χ2n) is 6.01. The number of nitrogens with zero attached hydrogens (tertiary/aromatic N) is 3. The molecule has 2 saturated carbocycles. The Hall–Kier alpha value is -0.900. The van der Waals surface area contributed by atoms with Crippen LogP contribution in [0.3, 0.4) is 0 Å². The maximum Gasteiger partial charge on any atom is 0.138 e. The van der Waals surface area contributed by atoms with E-state index in [1.165, 1.54) is 19.3 Å². The molecule has 4 heteroatoms. The highest BCUT2D eigenvalue weighted by Crippen LogP contribution is 2.51. The lowest BCUT2D eigenvalue weighted by molar-refractivity contribution is 0.340. The van der Waals surface area contributed by atoms with Gasteiger partial charge in [0.25, 0.3) is 0 Å². The van der Waals surface area contributed by atoms with Crippen LogP contribution in [-0.4, -0.2) is 20.8 Å². The van der Waals surface area contributed by atoms with Gasteiger partial charge in [0, 0.05) is 18.0 Å². The summed E-state index contributed by atoms with van der Waals surface area (Å²) in [6.07, 6.45) is 3.94. The molecule has 1 aromatic rings. The van der Waals surface area contributed by atoms with Crippen molar-refractivity contribution < 1.29 is 0 Å². The van der Waals surface area contributed by atoms with Crippen LogP contribution in [0.1, 0.15) is 56.7 Å². The summed E-state index contributed by atoms with van der Waals surface area (Å²) in [7, 11) is 0. The van der Waals surface area contributed by atoms with E-state index in [-0.39, 0.29) is 0 Å². The number of aryl methyl sites for hydroxylation is 1. The molecule has 0 radical (unpaired) electrons. The molecule has 4 nitrogen and oxygen atoms in total. The van der Waals surface area contributed by atoms with Crippen molar-refractivity contribution in [2.24, 2.45) is 17.6 Å². The standard InChI is InChI=1S/C13H22N4/c1-7(2)17-8(3)15-16-13(17)11-9-4-5-10(6-9)12(11)14/h7,9-12H,4-6,14H2,1-3H3. The van der Waals surface area contributed by atoms with Gasteiger partial charge < -0.3 is 10.3 Å². The molecule has 0 saturated heterocycles. The number of nitrogens with two attached hydrogens (primary N) is 1. The first-order valence-corrected chi connectivity index (χ1v) is 6.76. The summed E-state index contributed by atoms with van der Waals surface area (Å²) < 4.78 is 2.27. The SMILES string of the molecule is Cc1nnc(C2C3CCC(C3)C2N)n1C(C)C. The maximum atomic E-state index is 6.39. The van der Waals surface area contributed by atoms with Crippen molar-refractivity contribution in [1.82, 2.24) is 14.8 Å². The third-order valence-corrected chi connectivity index (χ3v) is 4.69. The van der Waals surface area contributed by atoms with E-state index in [1.54, 1.807) is 0 Å². The highest BCUT2D eigenvalue weighted by Gasteiger charge is 2.48. The van der Waals surface area contributed by atoms with Gasteiger partial charge in [-0.15, -0.1) is 10.2 Å². The maximum absolute atomic E-state index is 6.39. The zero-order valence-electron chi connectivity index (χ0n) is 10.9. The predicted molar refractivity (Wildman–Crippen MR) is 66.7 cm³/mol. The molecular weight excluding hydrogens is 212 g/mol. The molecule has 2 fully saturated rings. The van der Waals surface area contributed by atoms with Crippen LogP contribution in [0.15, 0.2) is 0 Å². The fourth-order valence-corrected chi connectivity index (χ4v) is 3.97. The summed E-state index contributed by atoms with van der Waals surface area (Å²) >= 11 is 0. The van der Waals surface area contributed by atoms with Gasteiger partial charge in [0.05, 0.1) is 0 Å². The first kappa shape index (κ1) is 11.2. The largest absolute Gasteiger partial charge is 0.327 e. The van der Waals surface area contributed by atoms with E-state index in [9.17, 15) is 0 Å². The smallest absolute Gasteiger partial charge is 0.138 e. The molecule has 4 unspecified atom stereocenters. The van der Waals surface area contributed by atoms with Crippen LogP contribution in [0.5, 0.6) is 0 Å². The molecule has 1 heterocycles. The summed E-state index contributed by atoms with van der Waals surface area (Å²) in [5, 5.41) is 8.68. The van der Waals surface area contributed by atoms with E-state index in [4.69, 9.17) is 5.73 Å². The summed E-state index contributed by atoms with van der Waals surface area (Å²) in [4.78, 5) is 0. The molecule has 2 aliphatic carbocycles. The zero-order valence-corrected chi connectivity index (χ0v) is 10.9. The molecule has 2 aliphatic rings. The van der Waals surface area contributed by atoms with Gasteiger partial charge in [-0.25, -0.2) is 0 Å². The van der Waals surface area contributed by atoms with Crippen LogP contribution < -0.4 is 5.73 Å². The van der Waals surface area contributed by atoms with Crippen molar-refractivity contribution in [3.8, 4) is 0 Å². The van der Waals surface area contributed by atoms with Crippen LogP contribution in [0.25, 0.3) is 0 Å². The van der Waals surface area contributed by atoms with Crippen LogP contribution in [0, 0.1) is 18.8 Å². The Morgan fingerprint density at radius 3 is 2.53 bits per heavy atom. The van der Waals surface area contributed by atoms with Gasteiger partial charge in [0.2, 0.25) is 0 Å². The van der Waals surface area contributed by atoms with Gasteiger partial charge in [-0.3, -0.25) is 0 Å². The lowest BCUT2D eigenvalue weighted by Gasteiger charge is -2.28. The average Bonchev–Trinajstić information content (AvgIpc) is 2.91. The fraction of sp³-hybridized carbons (Fsp3) is 0.846. The van der Waals surface area contributed by atoms with E-state index in [2.05, 4.69) is 28.6 Å². The first-order chi connectivity index (χ1) is 8.09. The molecule has 0 spiro atoms. The second kappa shape index (κ2) is 3.80. The summed E-state index contributed by atoms with van der Waals surface area (Å²) in [5.74, 6) is 4.07. The van der Waals surface area contributed by atoms with E-state index < -0.39 is 0 Å². The van der Waals surface area contributed by atoms with Gasteiger partial charge in [0.15, 0.2) is 0 Å². The molecule has 2 N–H and O–H groups in total. The van der Waals surface area contributed by atoms with Crippen molar-refractivity contribution in [3.05, 3.63) is 11.6 Å². The molecule has 3 rings (SSSR count). The second-order valence-corrected chi connectivity index (χ2v) is 6.01. The van der Waals surface area contributed by atoms with Crippen LogP contribution in [-0.2, 0) is 0 Å². The van der Waals surface area contributed by atoms with E-state index >= 15 is 0 Å². The molecule has 0 aliphatic heterocycles. The first-order valence-electron chi connectivity index (χ1n) is 6.76. The minimum absolute atomic E-state index is 0.301. The third-order valence-electron chi connectivity index (χ3n) is 4.69. The van der Waals surface area contributed by atoms with Crippen molar-refractivity contribution in [1.29, 1.82) is 0 Å². The molecule has 4 atom stereocenters. The number of aromatic nitrogens is 3. The third kappa shape index (κ3) is 1.53. The topological polar surface area (TPSA) is 56.7 Å². The van der Waals surface area contributed by atoms with E-state index in [0.29, 0.717) is 18.0 Å². The molecular formula is C13H22N4. The molecule has 2 bridgehead atoms. The van der Waals surface area contributed by atoms with Gasteiger partial charge in [-0.05, 0) is 51.9 Å². The van der Waals surface area contributed by atoms with Gasteiger partial charge in [-0.2, -0.15) is 0 Å². The Bertz CT molecular complexity index is 421. The summed E-state index contributed by atoms with van der Waals surface area (Å²) in [6, 6.07) is 0.723. The number of rotatable bonds is 2. The number of hydrogen-bond acceptors (Lipinski definition) is 3. The Labute approximate surface area is 103 Å². The van der Waals surface area contributed by atoms with Crippen molar-refractivity contribution >= 4 is 0 Å². The predicted octanol–water partition coefficient (Wildman–Crippen LogP) is 2.01. The van der Waals surface area contributed by atoms with Gasteiger partial charge in [-0.1, -0.05) is 0 Å². The van der Waals surface area contributed by atoms with Crippen molar-refractivity contribution in [3.63, 3.8) is 0 Å². The lowest BCUT2D eigenvalue weighted by Crippen LogP contribution is -2.35. The van der Waals surface area contributed by atoms with Crippen molar-refractivity contribution in [2.75, 3.05) is 0 Å². The average molecular weight is 234 g/mol. The fourth-order valence-electron chi connectivity index (χ4n) is 3.97.